The van der Waals surface area contributed by atoms with E-state index in [4.69, 9.17) is 4.74 Å². The maximum atomic E-state index is 9.61. The molecule has 1 N–H and O–H groups in total. The van der Waals surface area contributed by atoms with E-state index >= 15 is 0 Å². The van der Waals surface area contributed by atoms with Gasteiger partial charge in [0.05, 0.1) is 11.8 Å². The normalized spacial score (nSPS) is 12.4. The molecule has 0 fully saturated rings. The Morgan fingerprint density at radius 2 is 2.12 bits per heavy atom. The van der Waals surface area contributed by atoms with Crippen molar-refractivity contribution >= 4 is 0 Å². The molecule has 0 aliphatic carbocycles. The van der Waals surface area contributed by atoms with Gasteiger partial charge in [-0.1, -0.05) is 18.2 Å². The van der Waals surface area contributed by atoms with Crippen LogP contribution >= 0.6 is 0 Å². The first-order chi connectivity index (χ1) is 8.16. The average Bonchev–Trinajstić information content (AvgIpc) is 2.73. The molecule has 0 aliphatic heterocycles. The highest BCUT2D eigenvalue weighted by Crippen LogP contribution is 2.25. The van der Waals surface area contributed by atoms with Crippen molar-refractivity contribution in [2.75, 3.05) is 0 Å². The first kappa shape index (κ1) is 11.7. The lowest BCUT2D eigenvalue weighted by molar-refractivity contribution is 0.189. The number of para-hydroxylation sites is 1. The fraction of sp³-hybridized carbons (Fsp3) is 0.308. The maximum absolute atomic E-state index is 9.61. The van der Waals surface area contributed by atoms with Gasteiger partial charge < -0.3 is 9.84 Å². The van der Waals surface area contributed by atoms with Crippen molar-refractivity contribution in [3.63, 3.8) is 0 Å². The molecule has 1 heterocycles. The lowest BCUT2D eigenvalue weighted by Gasteiger charge is -2.12. The molecule has 0 spiro atoms. The molecule has 0 aliphatic rings. The summed E-state index contributed by atoms with van der Waals surface area (Å²) < 4.78 is 7.40. The van der Waals surface area contributed by atoms with Crippen molar-refractivity contribution in [3.8, 4) is 5.75 Å². The predicted molar refractivity (Wildman–Crippen MR) is 64.6 cm³/mol. The first-order valence-corrected chi connectivity index (χ1v) is 5.55. The number of nitrogens with zero attached hydrogens (tertiary/aromatic N) is 2. The smallest absolute Gasteiger partial charge is 0.132 e. The second-order valence-corrected chi connectivity index (χ2v) is 3.98. The molecule has 4 nitrogen and oxygen atoms in total. The molecule has 0 saturated carbocycles. The Bertz CT molecular complexity index is 492. The summed E-state index contributed by atoms with van der Waals surface area (Å²) >= 11 is 0. The molecule has 2 aromatic rings. The van der Waals surface area contributed by atoms with Crippen LogP contribution in [0, 0.1) is 0 Å². The van der Waals surface area contributed by atoms with Crippen LogP contribution in [0.5, 0.6) is 5.75 Å². The monoisotopic (exact) mass is 232 g/mol. The Kier molecular flexibility index (Phi) is 3.44. The summed E-state index contributed by atoms with van der Waals surface area (Å²) in [6, 6.07) is 9.39. The van der Waals surface area contributed by atoms with Crippen LogP contribution < -0.4 is 4.74 Å². The van der Waals surface area contributed by atoms with Crippen LogP contribution in [-0.2, 0) is 13.7 Å². The van der Waals surface area contributed by atoms with Gasteiger partial charge in [0.1, 0.15) is 12.4 Å². The van der Waals surface area contributed by atoms with Crippen molar-refractivity contribution in [1.82, 2.24) is 9.78 Å². The molecule has 1 aromatic carbocycles. The van der Waals surface area contributed by atoms with Crippen LogP contribution in [0.15, 0.2) is 36.5 Å². The van der Waals surface area contributed by atoms with Crippen LogP contribution in [0.25, 0.3) is 0 Å². The minimum Gasteiger partial charge on any atom is -0.487 e. The zero-order chi connectivity index (χ0) is 12.3. The molecule has 4 heteroatoms. The van der Waals surface area contributed by atoms with Gasteiger partial charge in [-0.3, -0.25) is 4.68 Å². The number of aliphatic hydroxyl groups excluding tert-OH is 1. The lowest BCUT2D eigenvalue weighted by atomic mass is 10.1. The lowest BCUT2D eigenvalue weighted by Crippen LogP contribution is -2.01. The van der Waals surface area contributed by atoms with Gasteiger partial charge in [0, 0.05) is 18.8 Å². The zero-order valence-corrected chi connectivity index (χ0v) is 10.00. The van der Waals surface area contributed by atoms with E-state index in [1.165, 1.54) is 0 Å². The third kappa shape index (κ3) is 2.85. The summed E-state index contributed by atoms with van der Waals surface area (Å²) in [4.78, 5) is 0. The minimum atomic E-state index is -0.532. The predicted octanol–water partition coefficient (Wildman–Crippen LogP) is 2.05. The highest BCUT2D eigenvalue weighted by Gasteiger charge is 2.08. The number of hydrogen-bond donors (Lipinski definition) is 1. The molecule has 0 bridgehead atoms. The van der Waals surface area contributed by atoms with E-state index < -0.39 is 6.10 Å². The Balaban J connectivity index is 2.08. The molecule has 0 radical (unpaired) electrons. The number of ether oxygens (including phenoxy) is 1. The molecular formula is C13H16N2O2. The highest BCUT2D eigenvalue weighted by molar-refractivity contribution is 5.34. The van der Waals surface area contributed by atoms with Crippen LogP contribution in [0.3, 0.4) is 0 Å². The third-order valence-electron chi connectivity index (χ3n) is 2.51. The summed E-state index contributed by atoms with van der Waals surface area (Å²) in [7, 11) is 1.87. The third-order valence-corrected chi connectivity index (χ3v) is 2.51. The Morgan fingerprint density at radius 1 is 1.35 bits per heavy atom. The zero-order valence-electron chi connectivity index (χ0n) is 10.00. The van der Waals surface area contributed by atoms with Crippen LogP contribution in [0.2, 0.25) is 0 Å². The standard InChI is InChI=1S/C13H16N2O2/c1-10(16)12-5-3-4-6-13(12)17-9-11-7-8-15(2)14-11/h3-8,10,16H,9H2,1-2H3/t10-/m0/s1. The van der Waals surface area contributed by atoms with E-state index in [0.29, 0.717) is 12.4 Å². The van der Waals surface area contributed by atoms with Gasteiger partial charge in [0.15, 0.2) is 0 Å². The minimum absolute atomic E-state index is 0.407. The number of aromatic nitrogens is 2. The molecule has 0 amide bonds. The topological polar surface area (TPSA) is 47.3 Å². The maximum Gasteiger partial charge on any atom is 0.132 e. The summed E-state index contributed by atoms with van der Waals surface area (Å²) in [5, 5.41) is 13.8. The van der Waals surface area contributed by atoms with Gasteiger partial charge in [-0.15, -0.1) is 0 Å². The average molecular weight is 232 g/mol. The van der Waals surface area contributed by atoms with Crippen molar-refractivity contribution in [1.29, 1.82) is 0 Å². The van der Waals surface area contributed by atoms with Gasteiger partial charge in [0.25, 0.3) is 0 Å². The van der Waals surface area contributed by atoms with Crippen molar-refractivity contribution < 1.29 is 9.84 Å². The van der Waals surface area contributed by atoms with Gasteiger partial charge in [-0.2, -0.15) is 5.10 Å². The van der Waals surface area contributed by atoms with E-state index in [1.54, 1.807) is 11.6 Å². The SMILES string of the molecule is C[C@H](O)c1ccccc1OCc1ccn(C)n1. The van der Waals surface area contributed by atoms with Gasteiger partial charge in [-0.25, -0.2) is 0 Å². The largest absolute Gasteiger partial charge is 0.487 e. The fourth-order valence-electron chi connectivity index (χ4n) is 1.65. The number of benzene rings is 1. The molecule has 17 heavy (non-hydrogen) atoms. The van der Waals surface area contributed by atoms with Crippen LogP contribution in [0.4, 0.5) is 0 Å². The van der Waals surface area contributed by atoms with E-state index in [0.717, 1.165) is 11.3 Å². The molecular weight excluding hydrogens is 216 g/mol. The van der Waals surface area contributed by atoms with Gasteiger partial charge in [-0.05, 0) is 19.1 Å². The number of hydrogen-bond acceptors (Lipinski definition) is 3. The van der Waals surface area contributed by atoms with E-state index in [2.05, 4.69) is 5.10 Å². The Labute approximate surface area is 100 Å². The summed E-state index contributed by atoms with van der Waals surface area (Å²) in [6.45, 7) is 2.13. The second kappa shape index (κ2) is 5.01. The van der Waals surface area contributed by atoms with Gasteiger partial charge >= 0.3 is 0 Å². The van der Waals surface area contributed by atoms with Gasteiger partial charge in [0.2, 0.25) is 0 Å². The molecule has 1 atom stereocenters. The number of aryl methyl sites for hydroxylation is 1. The molecule has 1 aromatic heterocycles. The fourth-order valence-corrected chi connectivity index (χ4v) is 1.65. The second-order valence-electron chi connectivity index (χ2n) is 3.98. The first-order valence-electron chi connectivity index (χ1n) is 5.55. The summed E-state index contributed by atoms with van der Waals surface area (Å²) in [5.74, 6) is 0.702. The Hall–Kier alpha value is -1.81. The molecule has 0 unspecified atom stereocenters. The molecule has 90 valence electrons. The van der Waals surface area contributed by atoms with Crippen molar-refractivity contribution in [2.24, 2.45) is 7.05 Å². The quantitative estimate of drug-likeness (QED) is 0.877. The Morgan fingerprint density at radius 3 is 2.76 bits per heavy atom. The van der Waals surface area contributed by atoms with Crippen molar-refractivity contribution in [2.45, 2.75) is 19.6 Å². The number of rotatable bonds is 4. The van der Waals surface area contributed by atoms with Crippen LogP contribution in [0.1, 0.15) is 24.3 Å². The summed E-state index contributed by atoms with van der Waals surface area (Å²) in [5.41, 5.74) is 1.66. The summed E-state index contributed by atoms with van der Waals surface area (Å²) in [6.07, 6.45) is 1.34. The number of aliphatic hydroxyl groups is 1. The van der Waals surface area contributed by atoms with E-state index in [-0.39, 0.29) is 0 Å². The molecule has 0 saturated heterocycles. The van der Waals surface area contributed by atoms with Crippen molar-refractivity contribution in [3.05, 3.63) is 47.8 Å². The molecule has 2 rings (SSSR count). The van der Waals surface area contributed by atoms with E-state index in [9.17, 15) is 5.11 Å². The highest BCUT2D eigenvalue weighted by atomic mass is 16.5. The van der Waals surface area contributed by atoms with Crippen LogP contribution in [-0.4, -0.2) is 14.9 Å². The van der Waals surface area contributed by atoms with E-state index in [1.807, 2.05) is 43.6 Å².